The molecule has 0 aromatic heterocycles. The van der Waals surface area contributed by atoms with E-state index in [0.29, 0.717) is 78.7 Å². The first-order valence-corrected chi connectivity index (χ1v) is 27.5. The topological polar surface area (TPSA) is 142 Å². The standard InChI is InChI=1S/C57H66N6O8S2/c1-8-58-31-43(64)16-13-21-72-73-57(2,3)20-19-54(65)59-40-23-36(34-70-52-29-48-44(27-50(52)68-6)55(66)62-41(32-60(48)4)25-38-14-9-11-17-46(38)62)22-37(24-40)35-71-53-30-49-45(28-51(53)69-7)56(67)63-42(33-61(49)5)26-39-15-10-12-18-47(39)63/h9-12,14-15,17-18,22-24,27-30,41-42,58H,8,13,16,19-21,25-26,31-35H2,1-7H3,(H,59,65)/t41-,42-/m0/s1. The Labute approximate surface area is 436 Å². The third-order valence-electron chi connectivity index (χ3n) is 14.0. The lowest BCUT2D eigenvalue weighted by Crippen LogP contribution is -2.41. The van der Waals surface area contributed by atoms with Gasteiger partial charge in [-0.25, -0.2) is 0 Å². The second-order valence-electron chi connectivity index (χ2n) is 19.9. The monoisotopic (exact) mass is 1030 g/mol. The summed E-state index contributed by atoms with van der Waals surface area (Å²) in [5, 5.41) is 6.25. The zero-order valence-corrected chi connectivity index (χ0v) is 44.5. The van der Waals surface area contributed by atoms with Crippen LogP contribution in [0.5, 0.6) is 23.0 Å². The fourth-order valence-corrected chi connectivity index (χ4v) is 13.0. The Bertz CT molecular complexity index is 2740. The number of benzene rings is 5. The predicted octanol–water partition coefficient (Wildman–Crippen LogP) is 9.74. The quantitative estimate of drug-likeness (QED) is 0.0533. The van der Waals surface area contributed by atoms with Gasteiger partial charge in [0.1, 0.15) is 19.0 Å². The van der Waals surface area contributed by atoms with E-state index in [-0.39, 0.29) is 53.5 Å². The molecule has 2 N–H and O–H groups in total. The van der Waals surface area contributed by atoms with E-state index in [0.717, 1.165) is 76.6 Å². The van der Waals surface area contributed by atoms with Gasteiger partial charge in [0.2, 0.25) is 5.91 Å². The first kappa shape index (κ1) is 51.5. The van der Waals surface area contributed by atoms with Crippen molar-refractivity contribution in [3.63, 3.8) is 0 Å². The fourth-order valence-electron chi connectivity index (χ4n) is 10.4. The molecule has 73 heavy (non-hydrogen) atoms. The van der Waals surface area contributed by atoms with Crippen molar-refractivity contribution in [2.45, 2.75) is 89.3 Å². The SMILES string of the molecule is CCNCC(=O)CCCSSC(C)(C)CCC(=O)Nc1cc(COc2cc3c(cc2OC)C(=O)N2c4ccccc4C[C@H]2CN3C)cc(COc2cc3c(cc2OC)C(=O)N2c4ccccc4C[C@H]2CN3C)c1. The maximum atomic E-state index is 14.3. The number of hydrogen-bond donors (Lipinski definition) is 2. The summed E-state index contributed by atoms with van der Waals surface area (Å²) >= 11 is 0. The number of rotatable bonds is 21. The van der Waals surface area contributed by atoms with Crippen LogP contribution in [0.4, 0.5) is 28.4 Å². The number of nitrogens with zero attached hydrogens (tertiary/aromatic N) is 4. The summed E-state index contributed by atoms with van der Waals surface area (Å²) in [6, 6.07) is 29.3. The number of para-hydroxylation sites is 2. The van der Waals surface area contributed by atoms with Gasteiger partial charge in [-0.1, -0.05) is 64.9 Å². The summed E-state index contributed by atoms with van der Waals surface area (Å²) in [5.41, 5.74) is 8.93. The van der Waals surface area contributed by atoms with E-state index in [2.05, 4.69) is 46.4 Å². The van der Waals surface area contributed by atoms with Crippen LogP contribution in [0.2, 0.25) is 0 Å². The Balaban J connectivity index is 0.936. The molecule has 9 rings (SSSR count). The van der Waals surface area contributed by atoms with Crippen LogP contribution in [0.15, 0.2) is 91.0 Å². The molecule has 0 fully saturated rings. The number of nitrogens with one attached hydrogen (secondary N) is 2. The lowest BCUT2D eigenvalue weighted by Gasteiger charge is -2.25. The first-order valence-electron chi connectivity index (χ1n) is 25.1. The Morgan fingerprint density at radius 3 is 1.71 bits per heavy atom. The van der Waals surface area contributed by atoms with Crippen molar-refractivity contribution in [3.8, 4) is 23.0 Å². The molecule has 2 atom stereocenters. The molecule has 4 aliphatic heterocycles. The number of hydrogen-bond acceptors (Lipinski definition) is 13. The first-order chi connectivity index (χ1) is 35.2. The van der Waals surface area contributed by atoms with E-state index in [4.69, 9.17) is 18.9 Å². The smallest absolute Gasteiger partial charge is 0.260 e. The largest absolute Gasteiger partial charge is 0.493 e. The number of Topliss-reactive ketones (excluding diaryl/α,β-unsaturated/α-hetero) is 1. The van der Waals surface area contributed by atoms with Gasteiger partial charge in [-0.05, 0) is 111 Å². The molecular weight excluding hydrogens is 961 g/mol. The van der Waals surface area contributed by atoms with Gasteiger partial charge in [-0.3, -0.25) is 19.2 Å². The maximum Gasteiger partial charge on any atom is 0.260 e. The van der Waals surface area contributed by atoms with Crippen LogP contribution in [0.25, 0.3) is 0 Å². The molecular formula is C57H66N6O8S2. The number of ketones is 1. The lowest BCUT2D eigenvalue weighted by molar-refractivity contribution is -0.118. The zero-order chi connectivity index (χ0) is 51.4. The average Bonchev–Trinajstić information content (AvgIpc) is 3.89. The molecule has 0 spiro atoms. The van der Waals surface area contributed by atoms with Crippen molar-refractivity contribution in [2.75, 3.05) is 85.2 Å². The molecule has 14 nitrogen and oxygen atoms in total. The average molecular weight is 1030 g/mol. The summed E-state index contributed by atoms with van der Waals surface area (Å²) in [4.78, 5) is 62.4. The van der Waals surface area contributed by atoms with E-state index < -0.39 is 0 Å². The molecule has 3 amide bonds. The molecule has 0 aliphatic carbocycles. The van der Waals surface area contributed by atoms with Gasteiger partial charge < -0.3 is 49.2 Å². The summed E-state index contributed by atoms with van der Waals surface area (Å²) in [5.74, 6) is 2.63. The highest BCUT2D eigenvalue weighted by Crippen LogP contribution is 2.45. The van der Waals surface area contributed by atoms with Gasteiger partial charge in [0.15, 0.2) is 23.0 Å². The number of ether oxygens (including phenoxy) is 4. The molecule has 384 valence electrons. The van der Waals surface area contributed by atoms with Crippen LogP contribution in [0.1, 0.15) is 89.4 Å². The molecule has 4 aliphatic rings. The van der Waals surface area contributed by atoms with E-state index in [1.807, 2.05) is 97.5 Å². The summed E-state index contributed by atoms with van der Waals surface area (Å²) in [6.07, 6.45) is 3.89. The minimum absolute atomic E-state index is 0.00824. The van der Waals surface area contributed by atoms with Crippen molar-refractivity contribution in [1.29, 1.82) is 0 Å². The Morgan fingerprint density at radius 2 is 1.21 bits per heavy atom. The van der Waals surface area contributed by atoms with Crippen LogP contribution >= 0.6 is 21.6 Å². The van der Waals surface area contributed by atoms with E-state index in [9.17, 15) is 19.2 Å². The number of anilines is 5. The van der Waals surface area contributed by atoms with Crippen LogP contribution in [0, 0.1) is 0 Å². The second-order valence-corrected chi connectivity index (χ2v) is 23.0. The highest BCUT2D eigenvalue weighted by Gasteiger charge is 2.41. The molecule has 4 heterocycles. The number of carbonyl (C=O) groups excluding carboxylic acids is 4. The highest BCUT2D eigenvalue weighted by molar-refractivity contribution is 8.77. The van der Waals surface area contributed by atoms with Gasteiger partial charge in [0, 0.05) is 79.7 Å². The van der Waals surface area contributed by atoms with Crippen molar-refractivity contribution < 1.29 is 38.1 Å². The highest BCUT2D eigenvalue weighted by atomic mass is 33.1. The van der Waals surface area contributed by atoms with Gasteiger partial charge >= 0.3 is 0 Å². The van der Waals surface area contributed by atoms with Crippen LogP contribution in [-0.4, -0.2) is 101 Å². The second kappa shape index (κ2) is 22.4. The summed E-state index contributed by atoms with van der Waals surface area (Å²) < 4.78 is 24.7. The van der Waals surface area contributed by atoms with E-state index >= 15 is 0 Å². The Morgan fingerprint density at radius 1 is 0.685 bits per heavy atom. The number of amides is 3. The summed E-state index contributed by atoms with van der Waals surface area (Å²) in [7, 11) is 10.6. The molecule has 0 radical (unpaired) electrons. The molecule has 16 heteroatoms. The zero-order valence-electron chi connectivity index (χ0n) is 42.9. The fraction of sp³-hybridized carbons (Fsp3) is 0.404. The minimum Gasteiger partial charge on any atom is -0.493 e. The van der Waals surface area contributed by atoms with Gasteiger partial charge in [-0.15, -0.1) is 0 Å². The third kappa shape index (κ3) is 11.4. The number of methoxy groups -OCH3 is 2. The summed E-state index contributed by atoms with van der Waals surface area (Å²) in [6.45, 7) is 8.99. The maximum absolute atomic E-state index is 14.3. The minimum atomic E-state index is -0.178. The van der Waals surface area contributed by atoms with E-state index in [1.165, 1.54) is 0 Å². The van der Waals surface area contributed by atoms with Crippen molar-refractivity contribution in [2.24, 2.45) is 0 Å². The van der Waals surface area contributed by atoms with Crippen molar-refractivity contribution in [3.05, 3.63) is 124 Å². The molecule has 0 saturated carbocycles. The predicted molar refractivity (Wildman–Crippen MR) is 294 cm³/mol. The van der Waals surface area contributed by atoms with Crippen LogP contribution in [-0.2, 0) is 35.6 Å². The lowest BCUT2D eigenvalue weighted by atomic mass is 10.1. The van der Waals surface area contributed by atoms with Gasteiger partial charge in [-0.2, -0.15) is 0 Å². The van der Waals surface area contributed by atoms with Gasteiger partial charge in [0.05, 0.1) is 55.3 Å². The Hall–Kier alpha value is -6.36. The molecule has 0 unspecified atom stereocenters. The molecule has 5 aromatic carbocycles. The van der Waals surface area contributed by atoms with E-state index in [1.54, 1.807) is 47.9 Å². The van der Waals surface area contributed by atoms with Crippen LogP contribution < -0.4 is 49.2 Å². The normalized spacial score (nSPS) is 16.6. The van der Waals surface area contributed by atoms with Gasteiger partial charge in [0.25, 0.3) is 11.8 Å². The van der Waals surface area contributed by atoms with Crippen molar-refractivity contribution in [1.82, 2.24) is 5.32 Å². The molecule has 0 saturated heterocycles. The molecule has 0 bridgehead atoms. The van der Waals surface area contributed by atoms with Crippen molar-refractivity contribution >= 4 is 73.5 Å². The van der Waals surface area contributed by atoms with Crippen LogP contribution in [0.3, 0.4) is 0 Å². The Kier molecular flexibility index (Phi) is 15.8. The molecule has 5 aromatic rings. The third-order valence-corrected chi connectivity index (χ3v) is 17.5. The number of likely N-dealkylation sites (N-methyl/N-ethyl adjacent to an activating group) is 3. The number of carbonyl (C=O) groups is 4. The number of fused-ring (bicyclic) bond motifs is 8.